The molecule has 1 atom stereocenters. The summed E-state index contributed by atoms with van der Waals surface area (Å²) in [5.74, 6) is 0.318. The van der Waals surface area contributed by atoms with Gasteiger partial charge in [-0.05, 0) is 31.4 Å². The molecular weight excluding hydrogens is 443 g/mol. The Morgan fingerprint density at radius 2 is 2.04 bits per heavy atom. The molecule has 1 amide bonds. The van der Waals surface area contributed by atoms with Gasteiger partial charge in [0.15, 0.2) is 0 Å². The zero-order valence-electron chi connectivity index (χ0n) is 13.4. The molecule has 1 unspecified atom stereocenters. The summed E-state index contributed by atoms with van der Waals surface area (Å²) in [5.41, 5.74) is 2.14. The number of aromatic nitrogens is 1. The van der Waals surface area contributed by atoms with E-state index in [4.69, 9.17) is 28.2 Å². The Morgan fingerprint density at radius 1 is 1.32 bits per heavy atom. The number of benzene rings is 1. The Hall–Kier alpha value is -0.620. The van der Waals surface area contributed by atoms with Gasteiger partial charge >= 0.3 is 0 Å². The molecule has 0 spiro atoms. The van der Waals surface area contributed by atoms with E-state index in [9.17, 15) is 4.79 Å². The van der Waals surface area contributed by atoms with Gasteiger partial charge in [-0.25, -0.2) is 4.98 Å². The van der Waals surface area contributed by atoms with Crippen molar-refractivity contribution in [2.75, 3.05) is 13.1 Å². The maximum Gasteiger partial charge on any atom is 0.228 e. The Morgan fingerprint density at radius 3 is 2.68 bits per heavy atom. The van der Waals surface area contributed by atoms with E-state index in [1.807, 2.05) is 17.0 Å². The van der Waals surface area contributed by atoms with Crippen molar-refractivity contribution in [1.29, 1.82) is 0 Å². The molecule has 0 radical (unpaired) electrons. The van der Waals surface area contributed by atoms with Crippen LogP contribution in [0.2, 0.25) is 0 Å². The summed E-state index contributed by atoms with van der Waals surface area (Å²) in [4.78, 5) is 19.1. The molecule has 132 valence electrons. The molecule has 0 N–H and O–H groups in total. The van der Waals surface area contributed by atoms with Crippen LogP contribution in [0.1, 0.15) is 30.2 Å². The first-order valence-corrected chi connectivity index (χ1v) is 10.7. The van der Waals surface area contributed by atoms with Crippen LogP contribution in [0.5, 0.6) is 0 Å². The first-order chi connectivity index (χ1) is 11.9. The van der Waals surface area contributed by atoms with E-state index in [2.05, 4.69) is 33.4 Å². The number of amides is 1. The molecule has 3 nitrogen and oxygen atoms in total. The summed E-state index contributed by atoms with van der Waals surface area (Å²) in [5, 5.41) is 3.28. The first-order valence-electron chi connectivity index (χ1n) is 8.32. The van der Waals surface area contributed by atoms with E-state index in [1.165, 1.54) is 0 Å². The first kappa shape index (κ1) is 17.8. The smallest absolute Gasteiger partial charge is 0.228 e. The van der Waals surface area contributed by atoms with Gasteiger partial charge < -0.3 is 4.90 Å². The average molecular weight is 460 g/mol. The fourth-order valence-corrected chi connectivity index (χ4v) is 5.20. The lowest BCUT2D eigenvalue weighted by molar-refractivity contribution is -0.133. The molecule has 1 saturated heterocycles. The van der Waals surface area contributed by atoms with Crippen molar-refractivity contribution in [3.05, 3.63) is 39.1 Å². The van der Waals surface area contributed by atoms with Crippen LogP contribution in [0.15, 0.2) is 34.1 Å². The maximum atomic E-state index is 12.4. The summed E-state index contributed by atoms with van der Waals surface area (Å²) in [6.07, 6.45) is 2.47. The quantitative estimate of drug-likeness (QED) is 0.570. The molecule has 1 aliphatic carbocycles. The third-order valence-corrected chi connectivity index (χ3v) is 7.26. The van der Waals surface area contributed by atoms with Crippen molar-refractivity contribution < 1.29 is 4.79 Å². The molecule has 2 aromatic rings. The molecule has 7 heteroatoms. The molecule has 0 bridgehead atoms. The minimum Gasteiger partial charge on any atom is -0.342 e. The zero-order chi connectivity index (χ0) is 17.6. The third-order valence-electron chi connectivity index (χ3n) is 4.92. The van der Waals surface area contributed by atoms with E-state index in [-0.39, 0.29) is 11.8 Å². The van der Waals surface area contributed by atoms with Gasteiger partial charge in [0.05, 0.1) is 16.6 Å². The Labute approximate surface area is 169 Å². The van der Waals surface area contributed by atoms with Crippen molar-refractivity contribution >= 4 is 56.4 Å². The third kappa shape index (κ3) is 3.75. The predicted octanol–water partition coefficient (Wildman–Crippen LogP) is 5.47. The second kappa shape index (κ2) is 6.84. The van der Waals surface area contributed by atoms with E-state index in [1.54, 1.807) is 11.3 Å². The van der Waals surface area contributed by atoms with Gasteiger partial charge in [-0.3, -0.25) is 4.79 Å². The van der Waals surface area contributed by atoms with Crippen LogP contribution in [0.4, 0.5) is 0 Å². The number of thiazole rings is 1. The number of alkyl halides is 2. The molecule has 2 fully saturated rings. The van der Waals surface area contributed by atoms with Crippen LogP contribution in [0.25, 0.3) is 11.3 Å². The normalized spacial score (nSPS) is 22.8. The molecule has 1 saturated carbocycles. The van der Waals surface area contributed by atoms with Crippen LogP contribution in [-0.4, -0.2) is 33.2 Å². The van der Waals surface area contributed by atoms with Crippen molar-refractivity contribution in [3.8, 4) is 11.3 Å². The predicted molar refractivity (Wildman–Crippen MR) is 106 cm³/mol. The standard InChI is InChI=1S/C18H17BrCl2N2OS/c19-13-3-1-2-12(8-13)15-10-25-16(22-15)11-4-6-23(7-5-11)17(24)14-9-18(14,20)21/h1-3,8,10-11,14H,4-7,9H2. The Kier molecular flexibility index (Phi) is 4.86. The lowest BCUT2D eigenvalue weighted by Crippen LogP contribution is -2.39. The minimum atomic E-state index is -0.831. The van der Waals surface area contributed by atoms with Crippen LogP contribution >= 0.6 is 50.5 Å². The SMILES string of the molecule is O=C(C1CC1(Cl)Cl)N1CCC(c2nc(-c3cccc(Br)c3)cs2)CC1. The van der Waals surface area contributed by atoms with Crippen LogP contribution in [-0.2, 0) is 4.79 Å². The maximum absolute atomic E-state index is 12.4. The number of carbonyl (C=O) groups is 1. The second-order valence-electron chi connectivity index (χ2n) is 6.70. The summed E-state index contributed by atoms with van der Waals surface area (Å²) in [7, 11) is 0. The van der Waals surface area contributed by atoms with Gasteiger partial charge in [0.1, 0.15) is 4.33 Å². The number of carbonyl (C=O) groups excluding carboxylic acids is 1. The average Bonchev–Trinajstić information content (AvgIpc) is 3.02. The summed E-state index contributed by atoms with van der Waals surface area (Å²) < 4.78 is 0.225. The van der Waals surface area contributed by atoms with Crippen LogP contribution < -0.4 is 0 Å². The molecule has 1 aromatic heterocycles. The molecule has 1 aliphatic heterocycles. The van der Waals surface area contributed by atoms with Crippen LogP contribution in [0, 0.1) is 5.92 Å². The molecule has 2 aliphatic rings. The lowest BCUT2D eigenvalue weighted by Gasteiger charge is -2.31. The van der Waals surface area contributed by atoms with Crippen molar-refractivity contribution in [1.82, 2.24) is 9.88 Å². The zero-order valence-corrected chi connectivity index (χ0v) is 17.3. The summed E-state index contributed by atoms with van der Waals surface area (Å²) in [6.45, 7) is 1.52. The Balaban J connectivity index is 1.39. The Bertz CT molecular complexity index is 802. The van der Waals surface area contributed by atoms with Gasteiger partial charge in [-0.2, -0.15) is 0 Å². The van der Waals surface area contributed by atoms with E-state index >= 15 is 0 Å². The largest absolute Gasteiger partial charge is 0.342 e. The van der Waals surface area contributed by atoms with Gasteiger partial charge in [-0.15, -0.1) is 34.5 Å². The van der Waals surface area contributed by atoms with Crippen LogP contribution in [0.3, 0.4) is 0 Å². The fourth-order valence-electron chi connectivity index (χ4n) is 3.30. The van der Waals surface area contributed by atoms with Crippen molar-refractivity contribution in [2.24, 2.45) is 5.92 Å². The van der Waals surface area contributed by atoms with E-state index in [0.717, 1.165) is 46.7 Å². The highest BCUT2D eigenvalue weighted by Gasteiger charge is 2.57. The van der Waals surface area contributed by atoms with Gasteiger partial charge in [0.2, 0.25) is 5.91 Å². The van der Waals surface area contributed by atoms with Gasteiger partial charge in [0, 0.05) is 34.4 Å². The van der Waals surface area contributed by atoms with E-state index < -0.39 is 4.33 Å². The van der Waals surface area contributed by atoms with Crippen molar-refractivity contribution in [2.45, 2.75) is 29.5 Å². The van der Waals surface area contributed by atoms with Gasteiger partial charge in [-0.1, -0.05) is 28.1 Å². The monoisotopic (exact) mass is 458 g/mol. The number of likely N-dealkylation sites (tertiary alicyclic amines) is 1. The number of nitrogens with zero attached hydrogens (tertiary/aromatic N) is 2. The summed E-state index contributed by atoms with van der Waals surface area (Å²) in [6, 6.07) is 8.19. The molecule has 25 heavy (non-hydrogen) atoms. The number of hydrogen-bond donors (Lipinski definition) is 0. The number of hydrogen-bond acceptors (Lipinski definition) is 3. The number of halogens is 3. The highest BCUT2D eigenvalue weighted by atomic mass is 79.9. The second-order valence-corrected chi connectivity index (χ2v) is 10.0. The number of piperidine rings is 1. The number of rotatable bonds is 3. The van der Waals surface area contributed by atoms with Crippen molar-refractivity contribution in [3.63, 3.8) is 0 Å². The van der Waals surface area contributed by atoms with Gasteiger partial charge in [0.25, 0.3) is 0 Å². The van der Waals surface area contributed by atoms with E-state index in [0.29, 0.717) is 12.3 Å². The molecular formula is C18H17BrCl2N2OS. The summed E-state index contributed by atoms with van der Waals surface area (Å²) >= 11 is 17.3. The minimum absolute atomic E-state index is 0.109. The topological polar surface area (TPSA) is 33.2 Å². The highest BCUT2D eigenvalue weighted by molar-refractivity contribution is 9.10. The molecule has 4 rings (SSSR count). The lowest BCUT2D eigenvalue weighted by atomic mass is 9.97. The molecule has 1 aromatic carbocycles. The highest BCUT2D eigenvalue weighted by Crippen LogP contribution is 2.54. The molecule has 2 heterocycles. The fraction of sp³-hybridized carbons (Fsp3) is 0.444.